The minimum Gasteiger partial charge on any atom is -0.493 e. The molecular formula is C16H22N2OS. The summed E-state index contributed by atoms with van der Waals surface area (Å²) >= 11 is 1.69. The van der Waals surface area contributed by atoms with Gasteiger partial charge in [-0.2, -0.15) is 0 Å². The molecule has 0 aliphatic carbocycles. The Hall–Kier alpha value is -1.39. The minimum atomic E-state index is 0.0570. The molecule has 1 heterocycles. The summed E-state index contributed by atoms with van der Waals surface area (Å²) < 4.78 is 5.84. The number of aromatic nitrogens is 1. The molecule has 0 aliphatic heterocycles. The fourth-order valence-corrected chi connectivity index (χ4v) is 3.21. The van der Waals surface area contributed by atoms with E-state index in [0.717, 1.165) is 22.9 Å². The second-order valence-electron chi connectivity index (χ2n) is 5.21. The summed E-state index contributed by atoms with van der Waals surface area (Å²) in [5.41, 5.74) is 9.40. The van der Waals surface area contributed by atoms with E-state index in [1.54, 1.807) is 11.3 Å². The van der Waals surface area contributed by atoms with E-state index in [2.05, 4.69) is 31.0 Å². The molecule has 0 radical (unpaired) electrons. The zero-order chi connectivity index (χ0) is 14.7. The molecule has 2 N–H and O–H groups in total. The zero-order valence-electron chi connectivity index (χ0n) is 12.6. The number of thiazole rings is 1. The van der Waals surface area contributed by atoms with E-state index in [4.69, 9.17) is 10.5 Å². The number of hydrogen-bond donors (Lipinski definition) is 1. The normalized spacial score (nSPS) is 12.4. The second-order valence-corrected chi connectivity index (χ2v) is 6.33. The summed E-state index contributed by atoms with van der Waals surface area (Å²) in [6, 6.07) is 6.30. The number of aryl methyl sites for hydroxylation is 3. The summed E-state index contributed by atoms with van der Waals surface area (Å²) in [4.78, 5) is 5.73. The fraction of sp³-hybridized carbons (Fsp3) is 0.438. The van der Waals surface area contributed by atoms with Crippen LogP contribution in [0.1, 0.15) is 39.7 Å². The molecule has 1 atom stereocenters. The molecule has 0 saturated heterocycles. The third-order valence-corrected chi connectivity index (χ3v) is 4.61. The SMILES string of the molecule is Cc1ccc(OCCc2nc(C)c(C(C)N)s2)c(C)c1. The molecule has 20 heavy (non-hydrogen) atoms. The predicted molar refractivity (Wildman–Crippen MR) is 84.6 cm³/mol. The largest absolute Gasteiger partial charge is 0.493 e. The third kappa shape index (κ3) is 3.58. The van der Waals surface area contributed by atoms with Crippen molar-refractivity contribution in [3.8, 4) is 5.75 Å². The Kier molecular flexibility index (Phi) is 4.78. The predicted octanol–water partition coefficient (Wildman–Crippen LogP) is 3.71. The van der Waals surface area contributed by atoms with Crippen LogP contribution in [0.4, 0.5) is 0 Å². The highest BCUT2D eigenvalue weighted by Gasteiger charge is 2.11. The van der Waals surface area contributed by atoms with Gasteiger partial charge in [-0.05, 0) is 39.3 Å². The third-order valence-electron chi connectivity index (χ3n) is 3.19. The van der Waals surface area contributed by atoms with Gasteiger partial charge in [0, 0.05) is 17.3 Å². The van der Waals surface area contributed by atoms with Crippen molar-refractivity contribution in [2.75, 3.05) is 6.61 Å². The van der Waals surface area contributed by atoms with E-state index in [1.807, 2.05) is 19.9 Å². The maximum absolute atomic E-state index is 5.92. The summed E-state index contributed by atoms with van der Waals surface area (Å²) in [5, 5.41) is 1.10. The van der Waals surface area contributed by atoms with Gasteiger partial charge >= 0.3 is 0 Å². The van der Waals surface area contributed by atoms with Crippen LogP contribution in [0, 0.1) is 20.8 Å². The number of ether oxygens (including phenoxy) is 1. The monoisotopic (exact) mass is 290 g/mol. The van der Waals surface area contributed by atoms with Crippen molar-refractivity contribution in [1.82, 2.24) is 4.98 Å². The number of benzene rings is 1. The van der Waals surface area contributed by atoms with Gasteiger partial charge in [-0.3, -0.25) is 0 Å². The van der Waals surface area contributed by atoms with E-state index in [1.165, 1.54) is 16.0 Å². The molecular weight excluding hydrogens is 268 g/mol. The van der Waals surface area contributed by atoms with Crippen molar-refractivity contribution in [1.29, 1.82) is 0 Å². The Bertz CT molecular complexity index is 590. The van der Waals surface area contributed by atoms with Crippen LogP contribution >= 0.6 is 11.3 Å². The van der Waals surface area contributed by atoms with E-state index < -0.39 is 0 Å². The van der Waals surface area contributed by atoms with Gasteiger partial charge in [0.1, 0.15) is 5.75 Å². The maximum Gasteiger partial charge on any atom is 0.122 e. The van der Waals surface area contributed by atoms with Gasteiger partial charge in [0.25, 0.3) is 0 Å². The summed E-state index contributed by atoms with van der Waals surface area (Å²) in [6.45, 7) is 8.82. The number of nitrogens with two attached hydrogens (primary N) is 1. The lowest BCUT2D eigenvalue weighted by molar-refractivity contribution is 0.319. The Morgan fingerprint density at radius 3 is 2.65 bits per heavy atom. The Balaban J connectivity index is 1.94. The van der Waals surface area contributed by atoms with Crippen LogP contribution in [0.25, 0.3) is 0 Å². The number of nitrogens with zero attached hydrogens (tertiary/aromatic N) is 1. The van der Waals surface area contributed by atoms with E-state index in [-0.39, 0.29) is 6.04 Å². The standard InChI is InChI=1S/C16H22N2OS/c1-10-5-6-14(11(2)9-10)19-8-7-15-18-13(4)16(20-15)12(3)17/h5-6,9,12H,7-8,17H2,1-4H3. The quantitative estimate of drug-likeness (QED) is 0.913. The molecule has 0 aliphatic rings. The number of rotatable bonds is 5. The van der Waals surface area contributed by atoms with Crippen molar-refractivity contribution in [3.63, 3.8) is 0 Å². The first-order valence-corrected chi connectivity index (χ1v) is 7.71. The molecule has 1 aromatic heterocycles. The van der Waals surface area contributed by atoms with Gasteiger partial charge in [0.2, 0.25) is 0 Å². The summed E-state index contributed by atoms with van der Waals surface area (Å²) in [6.07, 6.45) is 0.825. The first-order chi connectivity index (χ1) is 9.47. The van der Waals surface area contributed by atoms with Crippen LogP contribution < -0.4 is 10.5 Å². The maximum atomic E-state index is 5.92. The zero-order valence-corrected chi connectivity index (χ0v) is 13.4. The highest BCUT2D eigenvalue weighted by molar-refractivity contribution is 7.11. The van der Waals surface area contributed by atoms with Crippen LogP contribution in [0.3, 0.4) is 0 Å². The van der Waals surface area contributed by atoms with Gasteiger partial charge < -0.3 is 10.5 Å². The van der Waals surface area contributed by atoms with Gasteiger partial charge in [-0.15, -0.1) is 11.3 Å². The van der Waals surface area contributed by atoms with Crippen molar-refractivity contribution < 1.29 is 4.74 Å². The molecule has 1 unspecified atom stereocenters. The van der Waals surface area contributed by atoms with Crippen molar-refractivity contribution in [2.24, 2.45) is 5.73 Å². The molecule has 1 aromatic carbocycles. The minimum absolute atomic E-state index is 0.0570. The molecule has 0 bridgehead atoms. The Morgan fingerprint density at radius 1 is 1.30 bits per heavy atom. The van der Waals surface area contributed by atoms with Crippen molar-refractivity contribution >= 4 is 11.3 Å². The highest BCUT2D eigenvalue weighted by atomic mass is 32.1. The van der Waals surface area contributed by atoms with E-state index in [9.17, 15) is 0 Å². The summed E-state index contributed by atoms with van der Waals surface area (Å²) in [7, 11) is 0. The molecule has 0 saturated carbocycles. The van der Waals surface area contributed by atoms with Gasteiger partial charge in [-0.1, -0.05) is 17.7 Å². The average Bonchev–Trinajstić information content (AvgIpc) is 2.73. The van der Waals surface area contributed by atoms with Crippen LogP contribution in [-0.2, 0) is 6.42 Å². The molecule has 0 amide bonds. The lowest BCUT2D eigenvalue weighted by atomic mass is 10.1. The molecule has 4 heteroatoms. The fourth-order valence-electron chi connectivity index (χ4n) is 2.20. The smallest absolute Gasteiger partial charge is 0.122 e. The number of hydrogen-bond acceptors (Lipinski definition) is 4. The highest BCUT2D eigenvalue weighted by Crippen LogP contribution is 2.24. The molecule has 0 fully saturated rings. The molecule has 0 spiro atoms. The van der Waals surface area contributed by atoms with Crippen LogP contribution in [-0.4, -0.2) is 11.6 Å². The van der Waals surface area contributed by atoms with Crippen LogP contribution in [0.2, 0.25) is 0 Å². The molecule has 108 valence electrons. The molecule has 2 aromatic rings. The molecule has 3 nitrogen and oxygen atoms in total. The second kappa shape index (κ2) is 6.37. The molecule has 2 rings (SSSR count). The lowest BCUT2D eigenvalue weighted by Crippen LogP contribution is -2.03. The lowest BCUT2D eigenvalue weighted by Gasteiger charge is -2.08. The van der Waals surface area contributed by atoms with E-state index >= 15 is 0 Å². The van der Waals surface area contributed by atoms with Crippen molar-refractivity contribution in [3.05, 3.63) is 44.9 Å². The average molecular weight is 290 g/mol. The summed E-state index contributed by atoms with van der Waals surface area (Å²) in [5.74, 6) is 0.955. The van der Waals surface area contributed by atoms with Crippen LogP contribution in [0.15, 0.2) is 18.2 Å². The Morgan fingerprint density at radius 2 is 2.05 bits per heavy atom. The van der Waals surface area contributed by atoms with Gasteiger partial charge in [0.15, 0.2) is 0 Å². The van der Waals surface area contributed by atoms with Crippen molar-refractivity contribution in [2.45, 2.75) is 40.2 Å². The van der Waals surface area contributed by atoms with E-state index in [0.29, 0.717) is 6.61 Å². The van der Waals surface area contributed by atoms with Gasteiger partial charge in [-0.25, -0.2) is 4.98 Å². The first kappa shape index (κ1) is 15.0. The van der Waals surface area contributed by atoms with Crippen LogP contribution in [0.5, 0.6) is 5.75 Å². The van der Waals surface area contributed by atoms with Gasteiger partial charge in [0.05, 0.1) is 17.3 Å². The topological polar surface area (TPSA) is 48.1 Å². The Labute approximate surface area is 124 Å². The first-order valence-electron chi connectivity index (χ1n) is 6.89.